The molecule has 5 nitrogen and oxygen atoms in total. The highest BCUT2D eigenvalue weighted by Gasteiger charge is 1.95. The number of H-pyrrole nitrogens is 2. The molecule has 0 spiro atoms. The Kier molecular flexibility index (Phi) is 0.858. The molecule has 49 valence electrons. The normalized spacial score (nSPS) is 10.4. The average molecular weight is 135 g/mol. The van der Waals surface area contributed by atoms with Gasteiger partial charge in [0.2, 0.25) is 0 Å². The maximum Gasteiger partial charge on any atom is 0.347 e. The minimum absolute atomic E-state index is 0.392. The molecule has 2 aromatic heterocycles. The van der Waals surface area contributed by atoms with Crippen molar-refractivity contribution < 1.29 is 0 Å². The van der Waals surface area contributed by atoms with Gasteiger partial charge >= 0.3 is 5.69 Å². The molecule has 0 aliphatic rings. The van der Waals surface area contributed by atoms with E-state index in [0.29, 0.717) is 11.2 Å². The second-order valence-electron chi connectivity index (χ2n) is 1.79. The molecule has 0 unspecified atom stereocenters. The monoisotopic (exact) mass is 135 g/mol. The minimum atomic E-state index is -0.395. The van der Waals surface area contributed by atoms with Crippen molar-refractivity contribution in [3.8, 4) is 0 Å². The van der Waals surface area contributed by atoms with E-state index in [2.05, 4.69) is 26.3 Å². The van der Waals surface area contributed by atoms with Crippen LogP contribution in [0.5, 0.6) is 0 Å². The Morgan fingerprint density at radius 1 is 1.60 bits per heavy atom. The first kappa shape index (κ1) is 5.16. The summed E-state index contributed by atoms with van der Waals surface area (Å²) < 4.78 is 0. The van der Waals surface area contributed by atoms with E-state index < -0.39 is 5.69 Å². The SMILES string of the molecule is O=c1nc2n[c][nH]c2c[nH]1. The first-order valence-corrected chi connectivity index (χ1v) is 2.68. The number of nitrogens with zero attached hydrogens (tertiary/aromatic N) is 2. The summed E-state index contributed by atoms with van der Waals surface area (Å²) in [7, 11) is 0. The lowest BCUT2D eigenvalue weighted by atomic mass is 10.6. The van der Waals surface area contributed by atoms with Crippen LogP contribution < -0.4 is 5.69 Å². The fraction of sp³-hybridized carbons (Fsp3) is 0. The van der Waals surface area contributed by atoms with Crippen LogP contribution in [-0.4, -0.2) is 19.9 Å². The van der Waals surface area contributed by atoms with Crippen molar-refractivity contribution in [3.05, 3.63) is 23.0 Å². The standard InChI is InChI=1S/C5H3N4O/c10-5-6-1-3-4(9-5)8-2-7-3/h1H,(H2,6,7,8,9,10). The number of fused-ring (bicyclic) bond motifs is 1. The lowest BCUT2D eigenvalue weighted by molar-refractivity contribution is 1.10. The molecule has 0 fully saturated rings. The molecule has 0 atom stereocenters. The maximum absolute atomic E-state index is 10.5. The van der Waals surface area contributed by atoms with Gasteiger partial charge in [0.15, 0.2) is 12.0 Å². The van der Waals surface area contributed by atoms with Gasteiger partial charge in [-0.2, -0.15) is 4.98 Å². The van der Waals surface area contributed by atoms with E-state index in [1.807, 2.05) is 0 Å². The molecule has 0 amide bonds. The van der Waals surface area contributed by atoms with Crippen LogP contribution in [0.3, 0.4) is 0 Å². The predicted octanol–water partition coefficient (Wildman–Crippen LogP) is -0.554. The molecule has 2 aromatic rings. The van der Waals surface area contributed by atoms with Gasteiger partial charge in [0.05, 0.1) is 0 Å². The van der Waals surface area contributed by atoms with Crippen LogP contribution in [0.4, 0.5) is 0 Å². The summed E-state index contributed by atoms with van der Waals surface area (Å²) in [5.74, 6) is 0. The predicted molar refractivity (Wildman–Crippen MR) is 33.3 cm³/mol. The first-order valence-electron chi connectivity index (χ1n) is 2.68. The number of nitrogens with one attached hydrogen (secondary N) is 2. The van der Waals surface area contributed by atoms with Crippen LogP contribution in [0.2, 0.25) is 0 Å². The van der Waals surface area contributed by atoms with Gasteiger partial charge in [-0.15, -0.1) is 0 Å². The first-order chi connectivity index (χ1) is 4.86. The molecular weight excluding hydrogens is 132 g/mol. The summed E-state index contributed by atoms with van der Waals surface area (Å²) >= 11 is 0. The zero-order chi connectivity index (χ0) is 6.97. The van der Waals surface area contributed by atoms with Gasteiger partial charge in [0, 0.05) is 6.20 Å². The number of aromatic amines is 2. The fourth-order valence-corrected chi connectivity index (χ4v) is 0.705. The van der Waals surface area contributed by atoms with Crippen LogP contribution in [0, 0.1) is 6.33 Å². The topological polar surface area (TPSA) is 74.4 Å². The van der Waals surface area contributed by atoms with Gasteiger partial charge in [0.1, 0.15) is 5.52 Å². The number of aromatic nitrogens is 4. The Balaban J connectivity index is 2.99. The van der Waals surface area contributed by atoms with Crippen LogP contribution in [-0.2, 0) is 0 Å². The summed E-state index contributed by atoms with van der Waals surface area (Å²) in [5, 5.41) is 0. The molecular formula is C5H3N4O. The van der Waals surface area contributed by atoms with Crippen molar-refractivity contribution >= 4 is 11.2 Å². The Morgan fingerprint density at radius 2 is 2.50 bits per heavy atom. The van der Waals surface area contributed by atoms with Crippen LogP contribution in [0.15, 0.2) is 11.0 Å². The third kappa shape index (κ3) is 0.604. The number of hydrogen-bond acceptors (Lipinski definition) is 3. The highest BCUT2D eigenvalue weighted by atomic mass is 16.1. The molecule has 2 rings (SSSR count). The quantitative estimate of drug-likeness (QED) is 0.508. The zero-order valence-electron chi connectivity index (χ0n) is 4.88. The average Bonchev–Trinajstić information content (AvgIpc) is 2.33. The van der Waals surface area contributed by atoms with Crippen molar-refractivity contribution in [2.75, 3.05) is 0 Å². The fourth-order valence-electron chi connectivity index (χ4n) is 0.705. The van der Waals surface area contributed by atoms with Crippen molar-refractivity contribution in [1.29, 1.82) is 0 Å². The molecule has 2 heterocycles. The number of imidazole rings is 1. The van der Waals surface area contributed by atoms with Gasteiger partial charge in [-0.25, -0.2) is 9.78 Å². The van der Waals surface area contributed by atoms with E-state index in [0.717, 1.165) is 0 Å². The molecule has 0 aliphatic carbocycles. The second kappa shape index (κ2) is 1.66. The van der Waals surface area contributed by atoms with Gasteiger partial charge in [-0.3, -0.25) is 0 Å². The molecule has 0 aliphatic heterocycles. The van der Waals surface area contributed by atoms with Gasteiger partial charge in [-0.1, -0.05) is 0 Å². The van der Waals surface area contributed by atoms with Gasteiger partial charge in [0.25, 0.3) is 0 Å². The molecule has 0 saturated carbocycles. The summed E-state index contributed by atoms with van der Waals surface area (Å²) in [4.78, 5) is 22.8. The second-order valence-corrected chi connectivity index (χ2v) is 1.79. The lowest BCUT2D eigenvalue weighted by Gasteiger charge is -1.81. The molecule has 0 bridgehead atoms. The lowest BCUT2D eigenvalue weighted by Crippen LogP contribution is -2.08. The number of rotatable bonds is 0. The summed E-state index contributed by atoms with van der Waals surface area (Å²) in [6, 6.07) is 0. The van der Waals surface area contributed by atoms with E-state index >= 15 is 0 Å². The molecule has 2 N–H and O–H groups in total. The third-order valence-electron chi connectivity index (χ3n) is 1.14. The summed E-state index contributed by atoms with van der Waals surface area (Å²) in [6.07, 6.45) is 3.98. The Morgan fingerprint density at radius 3 is 3.40 bits per heavy atom. The number of hydrogen-bond donors (Lipinski definition) is 2. The van der Waals surface area contributed by atoms with Crippen LogP contribution >= 0.6 is 0 Å². The summed E-state index contributed by atoms with van der Waals surface area (Å²) in [6.45, 7) is 0. The van der Waals surface area contributed by atoms with Crippen molar-refractivity contribution in [3.63, 3.8) is 0 Å². The van der Waals surface area contributed by atoms with Crippen LogP contribution in [0.1, 0.15) is 0 Å². The smallest absolute Gasteiger partial charge is 0.333 e. The molecule has 0 saturated heterocycles. The van der Waals surface area contributed by atoms with E-state index in [1.54, 1.807) is 0 Å². The van der Waals surface area contributed by atoms with Crippen molar-refractivity contribution in [2.45, 2.75) is 0 Å². The zero-order valence-corrected chi connectivity index (χ0v) is 4.88. The molecule has 0 aromatic carbocycles. The Labute approximate surface area is 55.1 Å². The van der Waals surface area contributed by atoms with Crippen molar-refractivity contribution in [1.82, 2.24) is 19.9 Å². The van der Waals surface area contributed by atoms with Crippen molar-refractivity contribution in [2.24, 2.45) is 0 Å². The third-order valence-corrected chi connectivity index (χ3v) is 1.14. The largest absolute Gasteiger partial charge is 0.347 e. The maximum atomic E-state index is 10.5. The van der Waals surface area contributed by atoms with E-state index in [-0.39, 0.29) is 0 Å². The van der Waals surface area contributed by atoms with Gasteiger partial charge in [-0.05, 0) is 0 Å². The van der Waals surface area contributed by atoms with E-state index in [4.69, 9.17) is 0 Å². The molecule has 1 radical (unpaired) electrons. The minimum Gasteiger partial charge on any atom is -0.333 e. The highest BCUT2D eigenvalue weighted by molar-refractivity contribution is 5.67. The Hall–Kier alpha value is -1.65. The molecule has 5 heteroatoms. The van der Waals surface area contributed by atoms with E-state index in [9.17, 15) is 4.79 Å². The van der Waals surface area contributed by atoms with Gasteiger partial charge < -0.3 is 9.97 Å². The van der Waals surface area contributed by atoms with Crippen LogP contribution in [0.25, 0.3) is 11.2 Å². The summed E-state index contributed by atoms with van der Waals surface area (Å²) in [5.41, 5.74) is 0.677. The highest BCUT2D eigenvalue weighted by Crippen LogP contribution is 1.96. The van der Waals surface area contributed by atoms with E-state index in [1.165, 1.54) is 6.20 Å². The Bertz CT molecular complexity index is 401. The molecule has 10 heavy (non-hydrogen) atoms.